The lowest BCUT2D eigenvalue weighted by atomic mass is 10.0. The summed E-state index contributed by atoms with van der Waals surface area (Å²) in [5.41, 5.74) is 0. The van der Waals surface area contributed by atoms with Crippen molar-refractivity contribution >= 4 is 12.0 Å². The van der Waals surface area contributed by atoms with E-state index < -0.39 is 5.97 Å². The normalized spacial score (nSPS) is 14.2. The average Bonchev–Trinajstić information content (AvgIpc) is 3.21. The first kappa shape index (κ1) is 17.8. The number of hydrogen-bond donors (Lipinski definition) is 2. The van der Waals surface area contributed by atoms with Crippen molar-refractivity contribution in [3.8, 4) is 0 Å². The molecule has 1 rings (SSSR count). The van der Waals surface area contributed by atoms with Crippen molar-refractivity contribution in [3.63, 3.8) is 0 Å². The summed E-state index contributed by atoms with van der Waals surface area (Å²) < 4.78 is 0. The number of rotatable bonds is 11. The number of unbranched alkanes of at least 4 members (excludes halogenated alkanes) is 3. The molecule has 1 aliphatic rings. The predicted molar refractivity (Wildman–Crippen MR) is 83.3 cm³/mol. The minimum Gasteiger partial charge on any atom is -0.481 e. The monoisotopic (exact) mass is 298 g/mol. The number of aliphatic carboxylic acids is 1. The molecular formula is C16H30N2O3. The Bertz CT molecular complexity index is 327. The lowest BCUT2D eigenvalue weighted by molar-refractivity contribution is -0.137. The van der Waals surface area contributed by atoms with Gasteiger partial charge in [0.15, 0.2) is 0 Å². The maximum Gasteiger partial charge on any atom is 0.317 e. The van der Waals surface area contributed by atoms with E-state index in [0.29, 0.717) is 13.1 Å². The summed E-state index contributed by atoms with van der Waals surface area (Å²) >= 11 is 0. The summed E-state index contributed by atoms with van der Waals surface area (Å²) in [7, 11) is 0. The van der Waals surface area contributed by atoms with E-state index in [9.17, 15) is 9.59 Å². The molecule has 0 atom stereocenters. The van der Waals surface area contributed by atoms with Gasteiger partial charge in [0.25, 0.3) is 0 Å². The van der Waals surface area contributed by atoms with Crippen molar-refractivity contribution in [2.45, 2.75) is 71.3 Å². The van der Waals surface area contributed by atoms with Crippen LogP contribution in [0.15, 0.2) is 0 Å². The molecule has 0 bridgehead atoms. The molecule has 2 amide bonds. The summed E-state index contributed by atoms with van der Waals surface area (Å²) in [5.74, 6) is -0.0790. The molecule has 0 heterocycles. The number of nitrogens with zero attached hydrogens (tertiary/aromatic N) is 1. The number of carbonyl (C=O) groups excluding carboxylic acids is 1. The molecule has 1 aliphatic carbocycles. The van der Waals surface area contributed by atoms with E-state index >= 15 is 0 Å². The Hall–Kier alpha value is -1.26. The van der Waals surface area contributed by atoms with Crippen LogP contribution in [0.4, 0.5) is 4.79 Å². The zero-order chi connectivity index (χ0) is 15.7. The molecule has 0 aromatic heterocycles. The van der Waals surface area contributed by atoms with Gasteiger partial charge >= 0.3 is 12.0 Å². The molecule has 0 aliphatic heterocycles. The van der Waals surface area contributed by atoms with Crippen LogP contribution in [0.25, 0.3) is 0 Å². The lowest BCUT2D eigenvalue weighted by Crippen LogP contribution is -2.42. The molecular weight excluding hydrogens is 268 g/mol. The Morgan fingerprint density at radius 1 is 1.19 bits per heavy atom. The second kappa shape index (κ2) is 9.64. The van der Waals surface area contributed by atoms with Crippen LogP contribution in [-0.4, -0.2) is 41.1 Å². The molecule has 21 heavy (non-hydrogen) atoms. The molecule has 1 saturated carbocycles. The second-order valence-corrected chi connectivity index (χ2v) is 6.40. The van der Waals surface area contributed by atoms with Gasteiger partial charge in [-0.3, -0.25) is 4.79 Å². The number of urea groups is 1. The average molecular weight is 298 g/mol. The third-order valence-electron chi connectivity index (χ3n) is 3.80. The van der Waals surface area contributed by atoms with E-state index in [4.69, 9.17) is 5.11 Å². The molecule has 0 unspecified atom stereocenters. The maximum absolute atomic E-state index is 12.0. The maximum atomic E-state index is 12.0. The van der Waals surface area contributed by atoms with Gasteiger partial charge in [0.1, 0.15) is 0 Å². The van der Waals surface area contributed by atoms with Gasteiger partial charge in [-0.1, -0.05) is 39.5 Å². The van der Waals surface area contributed by atoms with Crippen LogP contribution in [0.5, 0.6) is 0 Å². The summed E-state index contributed by atoms with van der Waals surface area (Å²) in [6, 6.07) is 0.163. The number of carboxylic acids is 1. The van der Waals surface area contributed by atoms with Crippen LogP contribution in [-0.2, 0) is 4.79 Å². The first-order valence-electron chi connectivity index (χ1n) is 8.27. The molecule has 0 saturated heterocycles. The van der Waals surface area contributed by atoms with Gasteiger partial charge in [-0.05, 0) is 25.2 Å². The minimum atomic E-state index is -0.849. The highest BCUT2D eigenvalue weighted by Crippen LogP contribution is 2.26. The first-order chi connectivity index (χ1) is 10.0. The Labute approximate surface area is 128 Å². The Balaban J connectivity index is 2.09. The topological polar surface area (TPSA) is 69.6 Å². The van der Waals surface area contributed by atoms with Crippen LogP contribution in [0.2, 0.25) is 0 Å². The van der Waals surface area contributed by atoms with Crippen molar-refractivity contribution in [1.82, 2.24) is 10.2 Å². The zero-order valence-electron chi connectivity index (χ0n) is 13.4. The summed E-state index contributed by atoms with van der Waals surface area (Å²) in [6.45, 7) is 5.49. The zero-order valence-corrected chi connectivity index (χ0v) is 13.4. The van der Waals surface area contributed by atoms with E-state index in [2.05, 4.69) is 19.2 Å². The summed E-state index contributed by atoms with van der Waals surface area (Å²) in [5, 5.41) is 11.6. The molecule has 5 heteroatoms. The molecule has 0 spiro atoms. The molecule has 0 aromatic carbocycles. The van der Waals surface area contributed by atoms with E-state index in [1.54, 1.807) is 4.90 Å². The molecule has 122 valence electrons. The number of carboxylic acid groups (broad SMARTS) is 1. The molecule has 1 fully saturated rings. The highest BCUT2D eigenvalue weighted by Gasteiger charge is 2.32. The number of amides is 2. The molecule has 5 nitrogen and oxygen atoms in total. The first-order valence-corrected chi connectivity index (χ1v) is 8.27. The fourth-order valence-corrected chi connectivity index (χ4v) is 2.38. The molecule has 2 N–H and O–H groups in total. The number of nitrogens with one attached hydrogen (secondary N) is 1. The molecule has 0 radical (unpaired) electrons. The van der Waals surface area contributed by atoms with Crippen LogP contribution in [0.3, 0.4) is 0 Å². The smallest absolute Gasteiger partial charge is 0.317 e. The van der Waals surface area contributed by atoms with Crippen molar-refractivity contribution in [1.29, 1.82) is 0 Å². The Morgan fingerprint density at radius 2 is 1.86 bits per heavy atom. The van der Waals surface area contributed by atoms with Gasteiger partial charge in [0, 0.05) is 19.1 Å². The highest BCUT2D eigenvalue weighted by atomic mass is 16.4. The van der Waals surface area contributed by atoms with E-state index in [0.717, 1.165) is 31.6 Å². The van der Waals surface area contributed by atoms with Gasteiger partial charge in [-0.15, -0.1) is 0 Å². The van der Waals surface area contributed by atoms with Crippen LogP contribution < -0.4 is 5.32 Å². The fourth-order valence-electron chi connectivity index (χ4n) is 2.38. The molecule has 0 aromatic rings. The standard InChI is InChI=1S/C16H30N2O3/c1-13(2)7-5-3-4-6-11-17-16(21)18(14-8-9-14)12-10-15(19)20/h13-14H,3-12H2,1-2H3,(H,17,21)(H,19,20). The highest BCUT2D eigenvalue weighted by molar-refractivity contribution is 5.76. The quantitative estimate of drug-likeness (QED) is 0.575. The SMILES string of the molecule is CC(C)CCCCCCNC(=O)N(CCC(=O)O)C1CC1. The van der Waals surface area contributed by atoms with Crippen LogP contribution in [0, 0.1) is 5.92 Å². The third kappa shape index (κ3) is 8.58. The minimum absolute atomic E-state index is 0.0269. The van der Waals surface area contributed by atoms with Gasteiger partial charge in [-0.25, -0.2) is 4.79 Å². The largest absolute Gasteiger partial charge is 0.481 e. The van der Waals surface area contributed by atoms with E-state index in [1.165, 1.54) is 19.3 Å². The predicted octanol–water partition coefficient (Wildman–Crippen LogP) is 3.24. The van der Waals surface area contributed by atoms with Gasteiger partial charge in [-0.2, -0.15) is 0 Å². The summed E-state index contributed by atoms with van der Waals surface area (Å²) in [6.07, 6.45) is 7.94. The number of carbonyl (C=O) groups is 2. The van der Waals surface area contributed by atoms with Crippen molar-refractivity contribution in [2.75, 3.05) is 13.1 Å². The lowest BCUT2D eigenvalue weighted by Gasteiger charge is -2.22. The van der Waals surface area contributed by atoms with Gasteiger partial charge in [0.2, 0.25) is 0 Å². The second-order valence-electron chi connectivity index (χ2n) is 6.40. The van der Waals surface area contributed by atoms with Crippen molar-refractivity contribution in [3.05, 3.63) is 0 Å². The van der Waals surface area contributed by atoms with E-state index in [1.807, 2.05) is 0 Å². The summed E-state index contributed by atoms with van der Waals surface area (Å²) in [4.78, 5) is 24.3. The van der Waals surface area contributed by atoms with Crippen LogP contribution >= 0.6 is 0 Å². The third-order valence-corrected chi connectivity index (χ3v) is 3.80. The Kier molecular flexibility index (Phi) is 8.16. The van der Waals surface area contributed by atoms with Crippen LogP contribution in [0.1, 0.15) is 65.2 Å². The fraction of sp³-hybridized carbons (Fsp3) is 0.875. The van der Waals surface area contributed by atoms with E-state index in [-0.39, 0.29) is 18.5 Å². The van der Waals surface area contributed by atoms with Gasteiger partial charge in [0.05, 0.1) is 6.42 Å². The van der Waals surface area contributed by atoms with Gasteiger partial charge < -0.3 is 15.3 Å². The van der Waals surface area contributed by atoms with Crippen molar-refractivity contribution in [2.24, 2.45) is 5.92 Å². The Morgan fingerprint density at radius 3 is 2.43 bits per heavy atom. The number of hydrogen-bond acceptors (Lipinski definition) is 2. The van der Waals surface area contributed by atoms with Crippen molar-refractivity contribution < 1.29 is 14.7 Å².